The summed E-state index contributed by atoms with van der Waals surface area (Å²) in [6.07, 6.45) is -0.617. The van der Waals surface area contributed by atoms with Crippen LogP contribution in [-0.4, -0.2) is 22.7 Å². The SMILES string of the molecule is CC(O)c1cc(CO)ccc1BO. The lowest BCUT2D eigenvalue weighted by Gasteiger charge is -2.10. The third-order valence-electron chi connectivity index (χ3n) is 2.01. The molecule has 0 spiro atoms. The Morgan fingerprint density at radius 1 is 1.46 bits per heavy atom. The van der Waals surface area contributed by atoms with Gasteiger partial charge in [-0.2, -0.15) is 0 Å². The van der Waals surface area contributed by atoms with Gasteiger partial charge in [-0.15, -0.1) is 0 Å². The first-order valence-corrected chi connectivity index (χ1v) is 4.20. The first kappa shape index (κ1) is 10.2. The first-order valence-electron chi connectivity index (χ1n) is 4.20. The van der Waals surface area contributed by atoms with Gasteiger partial charge in [0, 0.05) is 0 Å². The lowest BCUT2D eigenvalue weighted by atomic mass is 9.82. The summed E-state index contributed by atoms with van der Waals surface area (Å²) in [4.78, 5) is 0. The molecule has 1 aromatic carbocycles. The van der Waals surface area contributed by atoms with Crippen molar-refractivity contribution in [2.45, 2.75) is 19.6 Å². The number of hydrogen-bond acceptors (Lipinski definition) is 3. The Hall–Kier alpha value is -0.835. The van der Waals surface area contributed by atoms with Crippen LogP contribution in [0.2, 0.25) is 0 Å². The monoisotopic (exact) mass is 180 g/mol. The average molecular weight is 180 g/mol. The highest BCUT2D eigenvalue weighted by molar-refractivity contribution is 6.46. The van der Waals surface area contributed by atoms with E-state index in [9.17, 15) is 5.11 Å². The summed E-state index contributed by atoms with van der Waals surface area (Å²) in [5.41, 5.74) is 2.12. The van der Waals surface area contributed by atoms with E-state index in [1.54, 1.807) is 25.1 Å². The summed E-state index contributed by atoms with van der Waals surface area (Å²) in [6.45, 7) is 1.58. The van der Waals surface area contributed by atoms with Crippen molar-refractivity contribution in [3.05, 3.63) is 29.3 Å². The predicted molar refractivity (Wildman–Crippen MR) is 52.0 cm³/mol. The highest BCUT2D eigenvalue weighted by Gasteiger charge is 2.08. The van der Waals surface area contributed by atoms with Gasteiger partial charge in [0.2, 0.25) is 0 Å². The van der Waals surface area contributed by atoms with Crippen molar-refractivity contribution in [1.82, 2.24) is 0 Å². The minimum atomic E-state index is -0.617. The third-order valence-corrected chi connectivity index (χ3v) is 2.01. The molecule has 3 N–H and O–H groups in total. The number of aliphatic hydroxyl groups is 2. The Bertz CT molecular complexity index is 286. The molecule has 0 heterocycles. The molecule has 13 heavy (non-hydrogen) atoms. The van der Waals surface area contributed by atoms with Crippen molar-refractivity contribution in [3.63, 3.8) is 0 Å². The van der Waals surface area contributed by atoms with E-state index in [0.29, 0.717) is 11.0 Å². The van der Waals surface area contributed by atoms with Gasteiger partial charge in [0.15, 0.2) is 0 Å². The molecule has 1 unspecified atom stereocenters. The predicted octanol–water partition coefficient (Wildman–Crippen LogP) is -0.799. The summed E-state index contributed by atoms with van der Waals surface area (Å²) in [6, 6.07) is 5.15. The molecule has 3 nitrogen and oxygen atoms in total. The van der Waals surface area contributed by atoms with Gasteiger partial charge < -0.3 is 15.2 Å². The molecule has 0 aliphatic rings. The third kappa shape index (κ3) is 2.31. The molecule has 0 aliphatic heterocycles. The average Bonchev–Trinajstić information content (AvgIpc) is 2.16. The number of hydrogen-bond donors (Lipinski definition) is 3. The molecule has 0 fully saturated rings. The lowest BCUT2D eigenvalue weighted by Crippen LogP contribution is -2.20. The molecular weight excluding hydrogens is 167 g/mol. The van der Waals surface area contributed by atoms with E-state index in [1.807, 2.05) is 0 Å². The van der Waals surface area contributed by atoms with Crippen LogP contribution in [-0.2, 0) is 6.61 Å². The summed E-state index contributed by atoms with van der Waals surface area (Å²) in [5, 5.41) is 27.2. The van der Waals surface area contributed by atoms with E-state index >= 15 is 0 Å². The maximum absolute atomic E-state index is 9.36. The van der Waals surface area contributed by atoms with Crippen LogP contribution in [0.4, 0.5) is 0 Å². The molecular formula is C9H13BO3. The minimum absolute atomic E-state index is 0.0502. The van der Waals surface area contributed by atoms with Crippen LogP contribution in [0.5, 0.6) is 0 Å². The number of benzene rings is 1. The van der Waals surface area contributed by atoms with Gasteiger partial charge in [0.1, 0.15) is 0 Å². The summed E-state index contributed by atoms with van der Waals surface area (Å²) in [5.74, 6) is 0. The van der Waals surface area contributed by atoms with E-state index in [0.717, 1.165) is 5.56 Å². The van der Waals surface area contributed by atoms with Crippen LogP contribution in [0.25, 0.3) is 0 Å². The highest BCUT2D eigenvalue weighted by atomic mass is 16.3. The Kier molecular flexibility index (Phi) is 3.48. The second-order valence-electron chi connectivity index (χ2n) is 3.03. The van der Waals surface area contributed by atoms with E-state index < -0.39 is 6.10 Å². The largest absolute Gasteiger partial charge is 0.449 e. The van der Waals surface area contributed by atoms with Crippen LogP contribution >= 0.6 is 0 Å². The van der Waals surface area contributed by atoms with E-state index in [2.05, 4.69) is 0 Å². The zero-order chi connectivity index (χ0) is 9.84. The summed E-state index contributed by atoms with van der Waals surface area (Å²) < 4.78 is 0. The molecule has 1 aromatic rings. The van der Waals surface area contributed by atoms with Crippen molar-refractivity contribution in [1.29, 1.82) is 0 Å². The van der Waals surface area contributed by atoms with Crippen molar-refractivity contribution >= 4 is 12.9 Å². The molecule has 0 amide bonds. The smallest absolute Gasteiger partial charge is 0.305 e. The standard InChI is InChI=1S/C9H13BO3/c1-6(12)8-4-7(5-11)2-3-9(8)10-13/h2-4,6,10-13H,5H2,1H3. The Morgan fingerprint density at radius 3 is 2.62 bits per heavy atom. The van der Waals surface area contributed by atoms with Crippen molar-refractivity contribution in [3.8, 4) is 0 Å². The topological polar surface area (TPSA) is 60.7 Å². The van der Waals surface area contributed by atoms with Crippen LogP contribution in [0, 0.1) is 0 Å². The van der Waals surface area contributed by atoms with Gasteiger partial charge in [-0.05, 0) is 23.5 Å². The molecule has 1 rings (SSSR count). The summed E-state index contributed by atoms with van der Waals surface area (Å²) in [7, 11) is -0.0913. The molecule has 70 valence electrons. The fourth-order valence-electron chi connectivity index (χ4n) is 1.28. The zero-order valence-corrected chi connectivity index (χ0v) is 7.57. The fraction of sp³-hybridized carbons (Fsp3) is 0.333. The molecule has 1 atom stereocenters. The van der Waals surface area contributed by atoms with Gasteiger partial charge in [-0.1, -0.05) is 18.2 Å². The van der Waals surface area contributed by atoms with Crippen LogP contribution < -0.4 is 5.46 Å². The van der Waals surface area contributed by atoms with Gasteiger partial charge >= 0.3 is 7.48 Å². The Labute approximate surface area is 77.9 Å². The molecule has 0 radical (unpaired) electrons. The number of aliphatic hydroxyl groups excluding tert-OH is 2. The molecule has 0 bridgehead atoms. The van der Waals surface area contributed by atoms with Gasteiger partial charge in [0.25, 0.3) is 0 Å². The van der Waals surface area contributed by atoms with E-state index in [-0.39, 0.29) is 14.1 Å². The zero-order valence-electron chi connectivity index (χ0n) is 7.57. The van der Waals surface area contributed by atoms with E-state index in [4.69, 9.17) is 10.1 Å². The van der Waals surface area contributed by atoms with E-state index in [1.165, 1.54) is 0 Å². The van der Waals surface area contributed by atoms with Gasteiger partial charge in [0.05, 0.1) is 12.7 Å². The van der Waals surface area contributed by atoms with Gasteiger partial charge in [-0.3, -0.25) is 0 Å². The Morgan fingerprint density at radius 2 is 2.15 bits per heavy atom. The lowest BCUT2D eigenvalue weighted by molar-refractivity contribution is 0.200. The van der Waals surface area contributed by atoms with Crippen LogP contribution in [0.3, 0.4) is 0 Å². The highest BCUT2D eigenvalue weighted by Crippen LogP contribution is 2.11. The second kappa shape index (κ2) is 4.41. The van der Waals surface area contributed by atoms with Crippen molar-refractivity contribution < 1.29 is 15.2 Å². The molecule has 0 aromatic heterocycles. The molecule has 0 saturated heterocycles. The fourth-order valence-corrected chi connectivity index (χ4v) is 1.28. The normalized spacial score (nSPS) is 12.6. The van der Waals surface area contributed by atoms with Crippen molar-refractivity contribution in [2.75, 3.05) is 0 Å². The number of rotatable bonds is 3. The van der Waals surface area contributed by atoms with Gasteiger partial charge in [-0.25, -0.2) is 0 Å². The second-order valence-corrected chi connectivity index (χ2v) is 3.03. The first-order chi connectivity index (χ1) is 6.19. The summed E-state index contributed by atoms with van der Waals surface area (Å²) >= 11 is 0. The maximum atomic E-state index is 9.36. The quantitative estimate of drug-likeness (QED) is 0.533. The molecule has 0 saturated carbocycles. The van der Waals surface area contributed by atoms with Crippen molar-refractivity contribution in [2.24, 2.45) is 0 Å². The molecule has 4 heteroatoms. The minimum Gasteiger partial charge on any atom is -0.449 e. The Balaban J connectivity index is 3.10. The molecule has 0 aliphatic carbocycles. The van der Waals surface area contributed by atoms with Crippen LogP contribution in [0.15, 0.2) is 18.2 Å². The van der Waals surface area contributed by atoms with Crippen LogP contribution in [0.1, 0.15) is 24.2 Å². The maximum Gasteiger partial charge on any atom is 0.305 e.